The summed E-state index contributed by atoms with van der Waals surface area (Å²) in [6.45, 7) is 0. The van der Waals surface area contributed by atoms with Crippen LogP contribution in [-0.2, 0) is 6.42 Å². The standard InChI is InChI=1S/C21H16FN7/c22-15-4-1-12(2-5-15)7-17(23)21-24-9-14-8-13(3-6-18(14)28-21)19-16-10-27-29-20(16)26-11-25-19/h1-6,8-11,17H,7,23H2,(H,25,26,27,29). The summed E-state index contributed by atoms with van der Waals surface area (Å²) in [5.74, 6) is 0.283. The zero-order chi connectivity index (χ0) is 19.8. The molecule has 5 aromatic rings. The molecule has 1 unspecified atom stereocenters. The molecule has 0 fully saturated rings. The van der Waals surface area contributed by atoms with Gasteiger partial charge in [0.25, 0.3) is 0 Å². The van der Waals surface area contributed by atoms with E-state index in [1.807, 2.05) is 18.2 Å². The highest BCUT2D eigenvalue weighted by molar-refractivity contribution is 5.92. The van der Waals surface area contributed by atoms with Crippen molar-refractivity contribution >= 4 is 21.9 Å². The van der Waals surface area contributed by atoms with Crippen molar-refractivity contribution in [3.05, 3.63) is 78.4 Å². The van der Waals surface area contributed by atoms with Crippen molar-refractivity contribution in [1.82, 2.24) is 30.1 Å². The molecule has 5 rings (SSSR count). The van der Waals surface area contributed by atoms with Gasteiger partial charge in [-0.25, -0.2) is 24.3 Å². The number of fused-ring (bicyclic) bond motifs is 2. The van der Waals surface area contributed by atoms with Gasteiger partial charge in [-0.2, -0.15) is 5.10 Å². The number of halogens is 1. The molecule has 0 saturated carbocycles. The van der Waals surface area contributed by atoms with Gasteiger partial charge in [-0.1, -0.05) is 18.2 Å². The summed E-state index contributed by atoms with van der Waals surface area (Å²) < 4.78 is 13.1. The van der Waals surface area contributed by atoms with E-state index in [0.29, 0.717) is 17.9 Å². The molecule has 2 aromatic carbocycles. The summed E-state index contributed by atoms with van der Waals surface area (Å²) in [6, 6.07) is 11.8. The lowest BCUT2D eigenvalue weighted by molar-refractivity contribution is 0.624. The Balaban J connectivity index is 1.46. The molecule has 0 bridgehead atoms. The largest absolute Gasteiger partial charge is 0.321 e. The summed E-state index contributed by atoms with van der Waals surface area (Å²) in [5, 5.41) is 8.62. The van der Waals surface area contributed by atoms with Crippen LogP contribution in [0.1, 0.15) is 17.4 Å². The van der Waals surface area contributed by atoms with Gasteiger partial charge in [-0.3, -0.25) is 5.10 Å². The molecule has 3 aromatic heterocycles. The minimum Gasteiger partial charge on any atom is -0.321 e. The topological polar surface area (TPSA) is 106 Å². The molecule has 0 spiro atoms. The smallest absolute Gasteiger partial charge is 0.159 e. The lowest BCUT2D eigenvalue weighted by Crippen LogP contribution is -2.16. The SMILES string of the molecule is NC(Cc1ccc(F)cc1)c1ncc2cc(-c3ncnc4[nH]ncc34)ccc2n1. The first-order chi connectivity index (χ1) is 14.2. The van der Waals surface area contributed by atoms with Gasteiger partial charge in [-0.15, -0.1) is 0 Å². The maximum absolute atomic E-state index is 13.1. The van der Waals surface area contributed by atoms with E-state index in [1.54, 1.807) is 24.5 Å². The molecule has 0 amide bonds. The summed E-state index contributed by atoms with van der Waals surface area (Å²) in [4.78, 5) is 17.6. The van der Waals surface area contributed by atoms with E-state index < -0.39 is 0 Å². The van der Waals surface area contributed by atoms with Crippen LogP contribution in [0.5, 0.6) is 0 Å². The van der Waals surface area contributed by atoms with E-state index in [2.05, 4.69) is 30.1 Å². The third kappa shape index (κ3) is 3.30. The first-order valence-corrected chi connectivity index (χ1v) is 9.08. The lowest BCUT2D eigenvalue weighted by atomic mass is 10.0. The van der Waals surface area contributed by atoms with Gasteiger partial charge in [0.05, 0.1) is 28.8 Å². The second-order valence-corrected chi connectivity index (χ2v) is 6.79. The molecule has 0 aliphatic heterocycles. The first kappa shape index (κ1) is 17.3. The van der Waals surface area contributed by atoms with Crippen molar-refractivity contribution in [2.45, 2.75) is 12.5 Å². The van der Waals surface area contributed by atoms with Crippen LogP contribution < -0.4 is 5.73 Å². The number of hydrogen-bond acceptors (Lipinski definition) is 6. The van der Waals surface area contributed by atoms with E-state index >= 15 is 0 Å². The summed E-state index contributed by atoms with van der Waals surface area (Å²) in [7, 11) is 0. The van der Waals surface area contributed by atoms with Crippen LogP contribution in [0.25, 0.3) is 33.2 Å². The molecule has 3 heterocycles. The number of rotatable bonds is 4. The number of nitrogens with one attached hydrogen (secondary N) is 1. The fourth-order valence-electron chi connectivity index (χ4n) is 3.33. The zero-order valence-corrected chi connectivity index (χ0v) is 15.2. The Bertz CT molecular complexity index is 1310. The fraction of sp³-hybridized carbons (Fsp3) is 0.0952. The second kappa shape index (κ2) is 6.99. The van der Waals surface area contributed by atoms with Gasteiger partial charge in [0.15, 0.2) is 5.65 Å². The average molecular weight is 385 g/mol. The van der Waals surface area contributed by atoms with Crippen LogP contribution in [0.4, 0.5) is 4.39 Å². The maximum atomic E-state index is 13.1. The Hall–Kier alpha value is -3.78. The maximum Gasteiger partial charge on any atom is 0.159 e. The van der Waals surface area contributed by atoms with Gasteiger partial charge >= 0.3 is 0 Å². The van der Waals surface area contributed by atoms with Crippen molar-refractivity contribution in [3.8, 4) is 11.3 Å². The molecule has 0 aliphatic rings. The molecular formula is C21H16FN7. The third-order valence-corrected chi connectivity index (χ3v) is 4.82. The van der Waals surface area contributed by atoms with Gasteiger partial charge < -0.3 is 5.73 Å². The number of aromatic amines is 1. The van der Waals surface area contributed by atoms with Crippen LogP contribution in [0, 0.1) is 5.82 Å². The Kier molecular flexibility index (Phi) is 4.18. The highest BCUT2D eigenvalue weighted by Gasteiger charge is 2.13. The van der Waals surface area contributed by atoms with Crippen LogP contribution in [0.15, 0.2) is 61.2 Å². The van der Waals surface area contributed by atoms with Gasteiger partial charge in [0.1, 0.15) is 18.0 Å². The molecule has 3 N–H and O–H groups in total. The van der Waals surface area contributed by atoms with Crippen molar-refractivity contribution < 1.29 is 4.39 Å². The van der Waals surface area contributed by atoms with Crippen molar-refractivity contribution in [1.29, 1.82) is 0 Å². The lowest BCUT2D eigenvalue weighted by Gasteiger charge is -2.11. The number of aromatic nitrogens is 6. The average Bonchev–Trinajstić information content (AvgIpc) is 3.23. The van der Waals surface area contributed by atoms with E-state index in [1.165, 1.54) is 18.5 Å². The highest BCUT2D eigenvalue weighted by Crippen LogP contribution is 2.27. The predicted molar refractivity (Wildman–Crippen MR) is 107 cm³/mol. The van der Waals surface area contributed by atoms with Crippen LogP contribution in [0.2, 0.25) is 0 Å². The normalized spacial score (nSPS) is 12.5. The zero-order valence-electron chi connectivity index (χ0n) is 15.2. The van der Waals surface area contributed by atoms with Crippen molar-refractivity contribution in [3.63, 3.8) is 0 Å². The Labute approximate surface area is 164 Å². The molecule has 142 valence electrons. The van der Waals surface area contributed by atoms with Gasteiger partial charge in [-0.05, 0) is 36.2 Å². The number of hydrogen-bond donors (Lipinski definition) is 2. The summed E-state index contributed by atoms with van der Waals surface area (Å²) >= 11 is 0. The molecule has 29 heavy (non-hydrogen) atoms. The Morgan fingerprint density at radius 3 is 2.72 bits per heavy atom. The predicted octanol–water partition coefficient (Wildman–Crippen LogP) is 3.34. The second-order valence-electron chi connectivity index (χ2n) is 6.79. The molecule has 7 nitrogen and oxygen atoms in total. The van der Waals surface area contributed by atoms with Gasteiger partial charge in [0.2, 0.25) is 0 Å². The molecule has 1 atom stereocenters. The first-order valence-electron chi connectivity index (χ1n) is 9.08. The quantitative estimate of drug-likeness (QED) is 0.491. The third-order valence-electron chi connectivity index (χ3n) is 4.82. The number of H-pyrrole nitrogens is 1. The van der Waals surface area contributed by atoms with E-state index in [9.17, 15) is 4.39 Å². The molecule has 0 aliphatic carbocycles. The van der Waals surface area contributed by atoms with Crippen LogP contribution in [0.3, 0.4) is 0 Å². The van der Waals surface area contributed by atoms with E-state index in [4.69, 9.17) is 5.73 Å². The fourth-order valence-corrected chi connectivity index (χ4v) is 3.33. The number of benzene rings is 2. The van der Waals surface area contributed by atoms with Gasteiger partial charge in [0, 0.05) is 17.1 Å². The Morgan fingerprint density at radius 2 is 1.86 bits per heavy atom. The number of nitrogens with two attached hydrogens (primary N) is 1. The van der Waals surface area contributed by atoms with Crippen molar-refractivity contribution in [2.75, 3.05) is 0 Å². The summed E-state index contributed by atoms with van der Waals surface area (Å²) in [6.07, 6.45) is 5.51. The van der Waals surface area contributed by atoms with Crippen LogP contribution >= 0.6 is 0 Å². The molecule has 0 radical (unpaired) electrons. The number of nitrogens with zero attached hydrogens (tertiary/aromatic N) is 5. The molecule has 8 heteroatoms. The summed E-state index contributed by atoms with van der Waals surface area (Å²) in [5.41, 5.74) is 10.4. The minimum atomic E-state index is -0.378. The molecule has 0 saturated heterocycles. The molecular weight excluding hydrogens is 369 g/mol. The van der Waals surface area contributed by atoms with E-state index in [-0.39, 0.29) is 11.9 Å². The Morgan fingerprint density at radius 1 is 1.00 bits per heavy atom. The monoisotopic (exact) mass is 385 g/mol. The minimum absolute atomic E-state index is 0.267. The van der Waals surface area contributed by atoms with E-state index in [0.717, 1.165) is 33.1 Å². The van der Waals surface area contributed by atoms with Crippen molar-refractivity contribution in [2.24, 2.45) is 5.73 Å². The highest BCUT2D eigenvalue weighted by atomic mass is 19.1. The van der Waals surface area contributed by atoms with Crippen LogP contribution in [-0.4, -0.2) is 30.1 Å².